The van der Waals surface area contributed by atoms with Gasteiger partial charge in [-0.25, -0.2) is 4.98 Å². The second-order valence-corrected chi connectivity index (χ2v) is 6.81. The van der Waals surface area contributed by atoms with Crippen LogP contribution in [-0.4, -0.2) is 80.4 Å². The van der Waals surface area contributed by atoms with Crippen molar-refractivity contribution in [2.75, 3.05) is 32.8 Å². The van der Waals surface area contributed by atoms with Crippen molar-refractivity contribution in [1.82, 2.24) is 30.4 Å². The first-order chi connectivity index (χ1) is 13.4. The molecule has 0 bridgehead atoms. The van der Waals surface area contributed by atoms with E-state index in [2.05, 4.69) is 25.5 Å². The Hall–Kier alpha value is -2.85. The van der Waals surface area contributed by atoms with Crippen LogP contribution in [0.3, 0.4) is 0 Å². The molecule has 0 aromatic carbocycles. The Kier molecular flexibility index (Phi) is 6.00. The summed E-state index contributed by atoms with van der Waals surface area (Å²) >= 11 is 0. The standard InChI is InChI=1S/C18H24N6O4/c1-3-13-12(2)15(23-22-13)17(26)24-6-7-28-11-18(27,10-24)9-21-16(25)14-8-19-4-5-20-14/h4-5,8,27H,3,6-7,9-11H2,1-2H3,(H,21,25)(H,22,23)/t18-/m0/s1. The number of β-amino-alcohol motifs (C(OH)–C–C–N with tert-alkyl or cyclic N) is 1. The molecule has 150 valence electrons. The molecule has 10 nitrogen and oxygen atoms in total. The number of aromatic amines is 1. The van der Waals surface area contributed by atoms with Gasteiger partial charge in [0.15, 0.2) is 5.69 Å². The van der Waals surface area contributed by atoms with E-state index in [1.165, 1.54) is 23.5 Å². The summed E-state index contributed by atoms with van der Waals surface area (Å²) in [5.41, 5.74) is 0.762. The highest BCUT2D eigenvalue weighted by atomic mass is 16.5. The third-order valence-electron chi connectivity index (χ3n) is 4.69. The van der Waals surface area contributed by atoms with Gasteiger partial charge in [-0.1, -0.05) is 6.92 Å². The Labute approximate surface area is 162 Å². The first kappa shape index (κ1) is 19.9. The molecule has 0 unspecified atom stereocenters. The predicted octanol–water partition coefficient (Wildman–Crippen LogP) is -0.296. The van der Waals surface area contributed by atoms with Gasteiger partial charge in [0.2, 0.25) is 0 Å². The van der Waals surface area contributed by atoms with Gasteiger partial charge in [-0.15, -0.1) is 0 Å². The molecule has 0 saturated carbocycles. The minimum atomic E-state index is -1.43. The van der Waals surface area contributed by atoms with Crippen molar-refractivity contribution < 1.29 is 19.4 Å². The van der Waals surface area contributed by atoms with Gasteiger partial charge in [0.25, 0.3) is 11.8 Å². The van der Waals surface area contributed by atoms with Crippen LogP contribution < -0.4 is 5.32 Å². The zero-order valence-electron chi connectivity index (χ0n) is 15.9. The Morgan fingerprint density at radius 3 is 2.93 bits per heavy atom. The number of rotatable bonds is 5. The Balaban J connectivity index is 1.69. The maximum Gasteiger partial charge on any atom is 0.274 e. The molecule has 1 atom stereocenters. The van der Waals surface area contributed by atoms with Crippen LogP contribution in [0.4, 0.5) is 0 Å². The van der Waals surface area contributed by atoms with Crippen LogP contribution in [-0.2, 0) is 11.2 Å². The number of carbonyl (C=O) groups excluding carboxylic acids is 2. The zero-order chi connectivity index (χ0) is 20.1. The Bertz CT molecular complexity index is 840. The minimum absolute atomic E-state index is 0.00269. The number of nitrogens with one attached hydrogen (secondary N) is 2. The molecule has 2 amide bonds. The molecule has 1 aliphatic rings. The highest BCUT2D eigenvalue weighted by Crippen LogP contribution is 2.17. The highest BCUT2D eigenvalue weighted by molar-refractivity contribution is 5.94. The molecular formula is C18H24N6O4. The van der Waals surface area contributed by atoms with Crippen LogP contribution in [0.1, 0.15) is 39.2 Å². The third-order valence-corrected chi connectivity index (χ3v) is 4.69. The van der Waals surface area contributed by atoms with E-state index in [1.807, 2.05) is 13.8 Å². The molecule has 2 aromatic rings. The van der Waals surface area contributed by atoms with Crippen molar-refractivity contribution in [1.29, 1.82) is 0 Å². The van der Waals surface area contributed by atoms with Crippen molar-refractivity contribution in [3.05, 3.63) is 41.2 Å². The van der Waals surface area contributed by atoms with E-state index < -0.39 is 11.5 Å². The summed E-state index contributed by atoms with van der Waals surface area (Å²) in [7, 11) is 0. The average molecular weight is 388 g/mol. The summed E-state index contributed by atoms with van der Waals surface area (Å²) in [5, 5.41) is 20.6. The van der Waals surface area contributed by atoms with Crippen LogP contribution in [0, 0.1) is 6.92 Å². The fourth-order valence-electron chi connectivity index (χ4n) is 3.09. The van der Waals surface area contributed by atoms with Gasteiger partial charge in [0, 0.05) is 30.2 Å². The van der Waals surface area contributed by atoms with Crippen LogP contribution in [0.15, 0.2) is 18.6 Å². The number of hydrogen-bond acceptors (Lipinski definition) is 7. The molecule has 10 heteroatoms. The second kappa shape index (κ2) is 8.44. The number of ether oxygens (including phenoxy) is 1. The molecule has 0 radical (unpaired) electrons. The average Bonchev–Trinajstić information content (AvgIpc) is 2.97. The molecule has 3 rings (SSSR count). The van der Waals surface area contributed by atoms with Crippen LogP contribution in [0.5, 0.6) is 0 Å². The molecular weight excluding hydrogens is 364 g/mol. The van der Waals surface area contributed by atoms with Gasteiger partial charge in [-0.3, -0.25) is 19.7 Å². The summed E-state index contributed by atoms with van der Waals surface area (Å²) in [5.74, 6) is -0.739. The van der Waals surface area contributed by atoms with Gasteiger partial charge in [0.05, 0.1) is 32.5 Å². The van der Waals surface area contributed by atoms with Gasteiger partial charge in [0.1, 0.15) is 11.3 Å². The summed E-state index contributed by atoms with van der Waals surface area (Å²) in [6.45, 7) is 4.36. The van der Waals surface area contributed by atoms with Gasteiger partial charge in [-0.05, 0) is 13.3 Å². The molecule has 1 fully saturated rings. The molecule has 3 heterocycles. The lowest BCUT2D eigenvalue weighted by molar-refractivity contribution is -0.0324. The maximum atomic E-state index is 12.9. The first-order valence-electron chi connectivity index (χ1n) is 9.11. The Morgan fingerprint density at radius 1 is 1.43 bits per heavy atom. The maximum absolute atomic E-state index is 12.9. The van der Waals surface area contributed by atoms with Crippen LogP contribution in [0.25, 0.3) is 0 Å². The molecule has 1 saturated heterocycles. The van der Waals surface area contributed by atoms with Crippen LogP contribution in [0.2, 0.25) is 0 Å². The van der Waals surface area contributed by atoms with E-state index >= 15 is 0 Å². The number of hydrogen-bond donors (Lipinski definition) is 3. The lowest BCUT2D eigenvalue weighted by atomic mass is 10.0. The number of aliphatic hydroxyl groups is 1. The largest absolute Gasteiger partial charge is 0.384 e. The molecule has 2 aromatic heterocycles. The normalized spacial score (nSPS) is 19.9. The van der Waals surface area contributed by atoms with E-state index in [-0.39, 0.29) is 37.9 Å². The summed E-state index contributed by atoms with van der Waals surface area (Å²) in [6, 6.07) is 0. The van der Waals surface area contributed by atoms with Gasteiger partial charge >= 0.3 is 0 Å². The van der Waals surface area contributed by atoms with E-state index in [4.69, 9.17) is 4.74 Å². The SMILES string of the molecule is CCc1[nH]nc(C(=O)N2CCOC[C@](O)(CNC(=O)c3cnccn3)C2)c1C. The predicted molar refractivity (Wildman–Crippen MR) is 98.7 cm³/mol. The minimum Gasteiger partial charge on any atom is -0.384 e. The number of aromatic nitrogens is 4. The van der Waals surface area contributed by atoms with Crippen molar-refractivity contribution in [2.24, 2.45) is 0 Å². The third kappa shape index (κ3) is 4.34. The number of nitrogens with zero attached hydrogens (tertiary/aromatic N) is 4. The molecule has 1 aliphatic heterocycles. The van der Waals surface area contributed by atoms with Crippen LogP contribution >= 0.6 is 0 Å². The quantitative estimate of drug-likeness (QED) is 0.640. The van der Waals surface area contributed by atoms with Crippen molar-refractivity contribution >= 4 is 11.8 Å². The zero-order valence-corrected chi connectivity index (χ0v) is 15.9. The number of amides is 2. The molecule has 0 aliphatic carbocycles. The number of aryl methyl sites for hydroxylation is 1. The monoisotopic (exact) mass is 388 g/mol. The molecule has 28 heavy (non-hydrogen) atoms. The Morgan fingerprint density at radius 2 is 2.25 bits per heavy atom. The summed E-state index contributed by atoms with van der Waals surface area (Å²) in [4.78, 5) is 34.4. The molecule has 0 spiro atoms. The molecule has 3 N–H and O–H groups in total. The summed E-state index contributed by atoms with van der Waals surface area (Å²) < 4.78 is 5.47. The second-order valence-electron chi connectivity index (χ2n) is 6.81. The van der Waals surface area contributed by atoms with Crippen molar-refractivity contribution in [2.45, 2.75) is 25.9 Å². The fraction of sp³-hybridized carbons (Fsp3) is 0.500. The van der Waals surface area contributed by atoms with E-state index in [1.54, 1.807) is 0 Å². The first-order valence-corrected chi connectivity index (χ1v) is 9.11. The smallest absolute Gasteiger partial charge is 0.274 e. The highest BCUT2D eigenvalue weighted by Gasteiger charge is 2.36. The van der Waals surface area contributed by atoms with E-state index in [0.717, 1.165) is 17.7 Å². The van der Waals surface area contributed by atoms with Gasteiger partial charge < -0.3 is 20.1 Å². The number of H-pyrrole nitrogens is 1. The van der Waals surface area contributed by atoms with Gasteiger partial charge in [-0.2, -0.15) is 5.10 Å². The van der Waals surface area contributed by atoms with Crippen molar-refractivity contribution in [3.63, 3.8) is 0 Å². The number of carbonyl (C=O) groups is 2. The lowest BCUT2D eigenvalue weighted by Crippen LogP contribution is -2.53. The fourth-order valence-corrected chi connectivity index (χ4v) is 3.09. The lowest BCUT2D eigenvalue weighted by Gasteiger charge is -2.30. The summed E-state index contributed by atoms with van der Waals surface area (Å²) in [6.07, 6.45) is 4.96. The topological polar surface area (TPSA) is 133 Å². The van der Waals surface area contributed by atoms with E-state index in [0.29, 0.717) is 12.2 Å². The van der Waals surface area contributed by atoms with E-state index in [9.17, 15) is 14.7 Å². The van der Waals surface area contributed by atoms with Crippen molar-refractivity contribution in [3.8, 4) is 0 Å².